The van der Waals surface area contributed by atoms with E-state index in [0.717, 1.165) is 29.8 Å². The summed E-state index contributed by atoms with van der Waals surface area (Å²) in [6.07, 6.45) is 0.887. The van der Waals surface area contributed by atoms with Gasteiger partial charge in [-0.2, -0.15) is 0 Å². The number of halogens is 2. The van der Waals surface area contributed by atoms with E-state index >= 15 is 0 Å². The van der Waals surface area contributed by atoms with Crippen molar-refractivity contribution in [2.45, 2.75) is 13.0 Å². The molecule has 0 radical (unpaired) electrons. The predicted molar refractivity (Wildman–Crippen MR) is 96.9 cm³/mol. The van der Waals surface area contributed by atoms with Crippen molar-refractivity contribution in [3.8, 4) is 0 Å². The van der Waals surface area contributed by atoms with E-state index in [1.54, 1.807) is 6.07 Å². The second kappa shape index (κ2) is 6.41. The average molecular weight is 359 g/mol. The molecule has 4 rings (SSSR count). The smallest absolute Gasteiger partial charge is 0.260 e. The lowest BCUT2D eigenvalue weighted by Gasteiger charge is -2.07. The molecule has 2 aliphatic heterocycles. The molecule has 0 atom stereocenters. The van der Waals surface area contributed by atoms with Crippen molar-refractivity contribution in [1.82, 2.24) is 0 Å². The molecule has 6 heteroatoms. The lowest BCUT2D eigenvalue weighted by Crippen LogP contribution is -2.05. The topological polar surface area (TPSA) is 50.4 Å². The molecule has 0 aliphatic carbocycles. The van der Waals surface area contributed by atoms with Crippen molar-refractivity contribution >= 4 is 40.2 Å². The highest BCUT2D eigenvalue weighted by molar-refractivity contribution is 6.36. The molecule has 0 unspecified atom stereocenters. The molecule has 2 N–H and O–H groups in total. The van der Waals surface area contributed by atoms with Gasteiger partial charge < -0.3 is 15.4 Å². The van der Waals surface area contributed by atoms with Crippen LogP contribution in [0.25, 0.3) is 11.3 Å². The summed E-state index contributed by atoms with van der Waals surface area (Å²) in [6, 6.07) is 10.2. The largest absolute Gasteiger partial charge is 0.487 e. The first-order valence-electron chi connectivity index (χ1n) is 8.09. The Balaban J connectivity index is 1.71. The molecule has 0 aromatic heterocycles. The normalized spacial score (nSPS) is 17.8. The highest BCUT2D eigenvalue weighted by Gasteiger charge is 2.32. The molecular weight excluding hydrogens is 343 g/mol. The van der Waals surface area contributed by atoms with E-state index in [2.05, 4.69) is 10.6 Å². The molecule has 2 aromatic carbocycles. The second-order valence-electron chi connectivity index (χ2n) is 5.98. The molecule has 25 heavy (non-hydrogen) atoms. The Hall–Kier alpha value is -2.53. The molecule has 2 heterocycles. The number of anilines is 2. The van der Waals surface area contributed by atoms with E-state index in [1.165, 1.54) is 12.1 Å². The number of benzene rings is 2. The van der Waals surface area contributed by atoms with Gasteiger partial charge in [0.2, 0.25) is 0 Å². The summed E-state index contributed by atoms with van der Waals surface area (Å²) in [6.45, 7) is 1.21. The first-order valence-corrected chi connectivity index (χ1v) is 8.62. The molecular formula is C19H16ClFN2O2. The maximum Gasteiger partial charge on any atom is 0.260 e. The number of rotatable bonds is 4. The van der Waals surface area contributed by atoms with Crippen LogP contribution in [-0.2, 0) is 16.1 Å². The first-order chi connectivity index (χ1) is 12.2. The maximum atomic E-state index is 13.4. The number of nitrogens with one attached hydrogen (secondary N) is 2. The van der Waals surface area contributed by atoms with Crippen LogP contribution in [0.3, 0.4) is 0 Å². The van der Waals surface area contributed by atoms with E-state index in [9.17, 15) is 9.18 Å². The minimum atomic E-state index is -0.384. The van der Waals surface area contributed by atoms with Crippen LogP contribution in [0.1, 0.15) is 23.1 Å². The van der Waals surface area contributed by atoms with Crippen LogP contribution in [0.4, 0.5) is 15.8 Å². The van der Waals surface area contributed by atoms with Crippen molar-refractivity contribution in [2.75, 3.05) is 23.1 Å². The summed E-state index contributed by atoms with van der Waals surface area (Å²) >= 11 is 5.69. The standard InChI is InChI=1S/C19H16ClFN2O2/c20-6-1-7-22-13-3-5-14-11(8-13)10-25-18(14)17-15-4-2-12(21)9-16(15)23-19(17)24/h2-5,8-9,22H,1,6-7,10H2,(H,23,24)/b18-17+. The highest BCUT2D eigenvalue weighted by atomic mass is 35.5. The van der Waals surface area contributed by atoms with E-state index in [1.807, 2.05) is 18.2 Å². The Labute approximate surface area is 149 Å². The van der Waals surface area contributed by atoms with E-state index in [0.29, 0.717) is 35.1 Å². The van der Waals surface area contributed by atoms with Gasteiger partial charge in [-0.05, 0) is 42.8 Å². The minimum Gasteiger partial charge on any atom is -0.487 e. The van der Waals surface area contributed by atoms with Gasteiger partial charge in [0.25, 0.3) is 5.91 Å². The van der Waals surface area contributed by atoms with E-state index in [-0.39, 0.29) is 11.7 Å². The molecule has 0 fully saturated rings. The van der Waals surface area contributed by atoms with Crippen LogP contribution in [-0.4, -0.2) is 18.3 Å². The zero-order valence-electron chi connectivity index (χ0n) is 13.4. The second-order valence-corrected chi connectivity index (χ2v) is 6.36. The Bertz CT molecular complexity index is 895. The van der Waals surface area contributed by atoms with Gasteiger partial charge >= 0.3 is 0 Å². The van der Waals surface area contributed by atoms with Gasteiger partial charge in [0.05, 0.1) is 11.3 Å². The summed E-state index contributed by atoms with van der Waals surface area (Å²) in [7, 11) is 0. The fraction of sp³-hybridized carbons (Fsp3) is 0.211. The zero-order valence-corrected chi connectivity index (χ0v) is 14.1. The van der Waals surface area contributed by atoms with Gasteiger partial charge in [-0.15, -0.1) is 11.6 Å². The van der Waals surface area contributed by atoms with Crippen molar-refractivity contribution in [3.63, 3.8) is 0 Å². The lowest BCUT2D eigenvalue weighted by molar-refractivity contribution is -0.110. The fourth-order valence-electron chi connectivity index (χ4n) is 3.15. The molecule has 1 amide bonds. The van der Waals surface area contributed by atoms with Gasteiger partial charge in [-0.25, -0.2) is 4.39 Å². The van der Waals surface area contributed by atoms with Gasteiger partial charge in [-0.1, -0.05) is 0 Å². The zero-order chi connectivity index (χ0) is 17.4. The van der Waals surface area contributed by atoms with Crippen LogP contribution in [0, 0.1) is 5.82 Å². The van der Waals surface area contributed by atoms with Gasteiger partial charge in [-0.3, -0.25) is 4.79 Å². The Morgan fingerprint density at radius 1 is 1.20 bits per heavy atom. The van der Waals surface area contributed by atoms with Crippen LogP contribution in [0.5, 0.6) is 0 Å². The number of fused-ring (bicyclic) bond motifs is 2. The van der Waals surface area contributed by atoms with Gasteiger partial charge in [0.15, 0.2) is 0 Å². The number of carbonyl (C=O) groups excluding carboxylic acids is 1. The molecule has 0 saturated carbocycles. The van der Waals surface area contributed by atoms with Crippen LogP contribution >= 0.6 is 11.6 Å². The summed E-state index contributed by atoms with van der Waals surface area (Å²) < 4.78 is 19.2. The third kappa shape index (κ3) is 2.85. The molecule has 0 bridgehead atoms. The summed E-state index contributed by atoms with van der Waals surface area (Å²) in [4.78, 5) is 12.4. The molecule has 0 saturated heterocycles. The van der Waals surface area contributed by atoms with Gasteiger partial charge in [0.1, 0.15) is 18.2 Å². The first kappa shape index (κ1) is 16.0. The Morgan fingerprint density at radius 2 is 2.04 bits per heavy atom. The molecule has 2 aromatic rings. The van der Waals surface area contributed by atoms with Crippen LogP contribution in [0.2, 0.25) is 0 Å². The lowest BCUT2D eigenvalue weighted by atomic mass is 10.00. The van der Waals surface area contributed by atoms with Crippen molar-refractivity contribution < 1.29 is 13.9 Å². The molecule has 0 spiro atoms. The fourth-order valence-corrected chi connectivity index (χ4v) is 3.28. The molecule has 128 valence electrons. The minimum absolute atomic E-state index is 0.271. The van der Waals surface area contributed by atoms with Crippen molar-refractivity contribution in [2.24, 2.45) is 0 Å². The van der Waals surface area contributed by atoms with E-state index in [4.69, 9.17) is 16.3 Å². The summed E-state index contributed by atoms with van der Waals surface area (Å²) in [5.41, 5.74) is 4.50. The third-order valence-electron chi connectivity index (χ3n) is 4.31. The number of hydrogen-bond acceptors (Lipinski definition) is 3. The summed E-state index contributed by atoms with van der Waals surface area (Å²) in [5, 5.41) is 6.01. The SMILES string of the molecule is O=C1Nc2cc(F)ccc2/C1=C1\OCc2cc(NCCCCl)ccc21. The van der Waals surface area contributed by atoms with Gasteiger partial charge in [0, 0.05) is 34.8 Å². The monoisotopic (exact) mass is 358 g/mol. The maximum absolute atomic E-state index is 13.4. The molecule has 2 aliphatic rings. The predicted octanol–water partition coefficient (Wildman–Crippen LogP) is 4.22. The highest BCUT2D eigenvalue weighted by Crippen LogP contribution is 2.42. The van der Waals surface area contributed by atoms with Crippen LogP contribution in [0.15, 0.2) is 36.4 Å². The van der Waals surface area contributed by atoms with Crippen LogP contribution < -0.4 is 10.6 Å². The average Bonchev–Trinajstić information content (AvgIpc) is 3.14. The Kier molecular flexibility index (Phi) is 4.09. The molecule has 4 nitrogen and oxygen atoms in total. The van der Waals surface area contributed by atoms with E-state index < -0.39 is 0 Å². The Morgan fingerprint density at radius 3 is 2.88 bits per heavy atom. The number of hydrogen-bond donors (Lipinski definition) is 2. The number of carbonyl (C=O) groups is 1. The quantitative estimate of drug-likeness (QED) is 0.489. The number of amides is 1. The number of ether oxygens (including phenoxy) is 1. The van der Waals surface area contributed by atoms with Crippen molar-refractivity contribution in [1.29, 1.82) is 0 Å². The summed E-state index contributed by atoms with van der Waals surface area (Å²) in [5.74, 6) is 0.510. The number of alkyl halides is 1. The van der Waals surface area contributed by atoms with Crippen molar-refractivity contribution in [3.05, 3.63) is 58.9 Å². The third-order valence-corrected chi connectivity index (χ3v) is 4.58.